The van der Waals surface area contributed by atoms with Gasteiger partial charge in [-0.2, -0.15) is 0 Å². The number of benzene rings is 1. The monoisotopic (exact) mass is 302 g/mol. The smallest absolute Gasteiger partial charge is 0.186 e. The average molecular weight is 302 g/mol. The molecule has 0 amide bonds. The van der Waals surface area contributed by atoms with Crippen LogP contribution < -0.4 is 20.2 Å². The molecule has 0 saturated heterocycles. The topological polar surface area (TPSA) is 52.5 Å². The summed E-state index contributed by atoms with van der Waals surface area (Å²) in [5.41, 5.74) is 2.50. The largest absolute Gasteiger partial charge is 0.497 e. The van der Waals surface area contributed by atoms with Gasteiger partial charge in [-0.15, -0.1) is 0 Å². The highest BCUT2D eigenvalue weighted by atomic mass is 16.5. The lowest BCUT2D eigenvalue weighted by Crippen LogP contribution is -2.21. The third-order valence-electron chi connectivity index (χ3n) is 3.53. The van der Waals surface area contributed by atoms with Crippen molar-refractivity contribution in [3.63, 3.8) is 0 Å². The molecule has 1 aromatic carbocycles. The molecule has 5 nitrogen and oxygen atoms in total. The van der Waals surface area contributed by atoms with Crippen molar-refractivity contribution in [2.24, 2.45) is 0 Å². The molecule has 0 aliphatic rings. The number of hydrogen-bond donors (Lipinski definition) is 1. The molecule has 0 bridgehead atoms. The fraction of sp³-hybridized carbons (Fsp3) is 0.353. The zero-order chi connectivity index (χ0) is 16.1. The fourth-order valence-corrected chi connectivity index (χ4v) is 2.31. The minimum absolute atomic E-state index is 0.0437. The lowest BCUT2D eigenvalue weighted by molar-refractivity contribution is 0.393. The summed E-state index contributed by atoms with van der Waals surface area (Å²) in [6.45, 7) is 5.29. The second-order valence-corrected chi connectivity index (χ2v) is 4.99. The maximum atomic E-state index is 12.1. The second kappa shape index (κ2) is 7.13. The molecular formula is C17H22N2O3. The van der Waals surface area contributed by atoms with Crippen molar-refractivity contribution in [2.45, 2.75) is 20.4 Å². The highest BCUT2D eigenvalue weighted by Crippen LogP contribution is 2.28. The molecule has 22 heavy (non-hydrogen) atoms. The van der Waals surface area contributed by atoms with Crippen LogP contribution in [0.5, 0.6) is 11.5 Å². The van der Waals surface area contributed by atoms with Crippen LogP contribution in [-0.2, 0) is 6.54 Å². The van der Waals surface area contributed by atoms with Gasteiger partial charge in [-0.1, -0.05) is 6.92 Å². The van der Waals surface area contributed by atoms with Gasteiger partial charge in [0.05, 0.1) is 19.9 Å². The third-order valence-corrected chi connectivity index (χ3v) is 3.53. The first-order valence-corrected chi connectivity index (χ1v) is 7.26. The molecule has 0 saturated carbocycles. The first kappa shape index (κ1) is 16.1. The van der Waals surface area contributed by atoms with Crippen LogP contribution in [0.4, 0.5) is 0 Å². The van der Waals surface area contributed by atoms with E-state index in [1.54, 1.807) is 20.3 Å². The SMILES string of the molecule is CCNCc1cn(-c2ccc(OC)cc2OC)c(C)cc1=O. The van der Waals surface area contributed by atoms with Crippen LogP contribution in [0.1, 0.15) is 18.2 Å². The van der Waals surface area contributed by atoms with E-state index in [2.05, 4.69) is 5.32 Å². The normalized spacial score (nSPS) is 10.5. The van der Waals surface area contributed by atoms with E-state index in [0.717, 1.165) is 29.2 Å². The van der Waals surface area contributed by atoms with Crippen LogP contribution in [0.3, 0.4) is 0 Å². The number of aromatic nitrogens is 1. The van der Waals surface area contributed by atoms with Gasteiger partial charge in [-0.3, -0.25) is 4.79 Å². The Morgan fingerprint density at radius 3 is 2.59 bits per heavy atom. The average Bonchev–Trinajstić information content (AvgIpc) is 2.53. The standard InChI is InChI=1S/C17H22N2O3/c1-5-18-10-13-11-19(12(2)8-16(13)20)15-7-6-14(21-3)9-17(15)22-4/h6-9,11,18H,5,10H2,1-4H3. The van der Waals surface area contributed by atoms with Crippen LogP contribution in [-0.4, -0.2) is 25.3 Å². The van der Waals surface area contributed by atoms with E-state index in [0.29, 0.717) is 12.3 Å². The van der Waals surface area contributed by atoms with Gasteiger partial charge in [-0.25, -0.2) is 0 Å². The molecule has 5 heteroatoms. The van der Waals surface area contributed by atoms with Crippen LogP contribution >= 0.6 is 0 Å². The first-order chi connectivity index (χ1) is 10.6. The third kappa shape index (κ3) is 3.31. The van der Waals surface area contributed by atoms with Crippen molar-refractivity contribution in [1.29, 1.82) is 0 Å². The van der Waals surface area contributed by atoms with Crippen LogP contribution in [0.2, 0.25) is 0 Å². The van der Waals surface area contributed by atoms with E-state index in [1.165, 1.54) is 0 Å². The number of ether oxygens (including phenoxy) is 2. The first-order valence-electron chi connectivity index (χ1n) is 7.26. The zero-order valence-electron chi connectivity index (χ0n) is 13.5. The number of methoxy groups -OCH3 is 2. The Morgan fingerprint density at radius 2 is 1.95 bits per heavy atom. The lowest BCUT2D eigenvalue weighted by Gasteiger charge is -2.16. The molecule has 0 spiro atoms. The molecule has 118 valence electrons. The molecular weight excluding hydrogens is 280 g/mol. The van der Waals surface area contributed by atoms with Crippen molar-refractivity contribution in [3.05, 3.63) is 51.9 Å². The van der Waals surface area contributed by atoms with Gasteiger partial charge in [0.1, 0.15) is 11.5 Å². The second-order valence-electron chi connectivity index (χ2n) is 4.99. The molecule has 0 fully saturated rings. The van der Waals surface area contributed by atoms with E-state index in [-0.39, 0.29) is 5.43 Å². The van der Waals surface area contributed by atoms with Gasteiger partial charge < -0.3 is 19.4 Å². The van der Waals surface area contributed by atoms with Crippen molar-refractivity contribution < 1.29 is 9.47 Å². The van der Waals surface area contributed by atoms with E-state index in [1.807, 2.05) is 42.8 Å². The molecule has 0 aliphatic carbocycles. The Balaban J connectivity index is 2.54. The predicted molar refractivity (Wildman–Crippen MR) is 87.3 cm³/mol. The van der Waals surface area contributed by atoms with E-state index in [9.17, 15) is 4.79 Å². The molecule has 1 N–H and O–H groups in total. The molecule has 0 radical (unpaired) electrons. The number of nitrogens with zero attached hydrogens (tertiary/aromatic N) is 1. The number of nitrogens with one attached hydrogen (secondary N) is 1. The minimum Gasteiger partial charge on any atom is -0.497 e. The molecule has 0 aliphatic heterocycles. The minimum atomic E-state index is 0.0437. The Morgan fingerprint density at radius 1 is 1.18 bits per heavy atom. The van der Waals surface area contributed by atoms with Gasteiger partial charge in [0.15, 0.2) is 5.43 Å². The summed E-state index contributed by atoms with van der Waals surface area (Å²) in [7, 11) is 3.24. The Hall–Kier alpha value is -2.27. The molecule has 0 unspecified atom stereocenters. The number of hydrogen-bond acceptors (Lipinski definition) is 4. The van der Waals surface area contributed by atoms with Crippen molar-refractivity contribution in [3.8, 4) is 17.2 Å². The quantitative estimate of drug-likeness (QED) is 0.889. The van der Waals surface area contributed by atoms with Crippen LogP contribution in [0.25, 0.3) is 5.69 Å². The fourth-order valence-electron chi connectivity index (χ4n) is 2.31. The highest BCUT2D eigenvalue weighted by molar-refractivity contribution is 5.52. The predicted octanol–water partition coefficient (Wildman–Crippen LogP) is 2.27. The Labute approximate surface area is 130 Å². The van der Waals surface area contributed by atoms with E-state index >= 15 is 0 Å². The maximum absolute atomic E-state index is 12.1. The number of aryl methyl sites for hydroxylation is 1. The Bertz CT molecular complexity index is 708. The summed E-state index contributed by atoms with van der Waals surface area (Å²) >= 11 is 0. The molecule has 1 heterocycles. The summed E-state index contributed by atoms with van der Waals surface area (Å²) in [5, 5.41) is 3.19. The number of pyridine rings is 1. The zero-order valence-corrected chi connectivity index (χ0v) is 13.5. The van der Waals surface area contributed by atoms with Gasteiger partial charge in [0, 0.05) is 36.1 Å². The van der Waals surface area contributed by atoms with Gasteiger partial charge in [0.2, 0.25) is 0 Å². The molecule has 0 atom stereocenters. The van der Waals surface area contributed by atoms with Crippen molar-refractivity contribution in [1.82, 2.24) is 9.88 Å². The summed E-state index contributed by atoms with van der Waals surface area (Å²) in [6.07, 6.45) is 1.87. The van der Waals surface area contributed by atoms with Crippen molar-refractivity contribution in [2.75, 3.05) is 20.8 Å². The molecule has 2 rings (SSSR count). The van der Waals surface area contributed by atoms with Crippen LogP contribution in [0, 0.1) is 6.92 Å². The molecule has 1 aromatic heterocycles. The van der Waals surface area contributed by atoms with Gasteiger partial charge in [-0.05, 0) is 25.6 Å². The van der Waals surface area contributed by atoms with Gasteiger partial charge >= 0.3 is 0 Å². The maximum Gasteiger partial charge on any atom is 0.186 e. The summed E-state index contributed by atoms with van der Waals surface area (Å²) in [5.74, 6) is 1.42. The molecule has 2 aromatic rings. The highest BCUT2D eigenvalue weighted by Gasteiger charge is 2.10. The number of rotatable bonds is 6. The van der Waals surface area contributed by atoms with E-state index < -0.39 is 0 Å². The van der Waals surface area contributed by atoms with Crippen LogP contribution in [0.15, 0.2) is 35.3 Å². The lowest BCUT2D eigenvalue weighted by atomic mass is 10.2. The van der Waals surface area contributed by atoms with Crippen molar-refractivity contribution >= 4 is 0 Å². The summed E-state index contributed by atoms with van der Waals surface area (Å²) in [4.78, 5) is 12.1. The summed E-state index contributed by atoms with van der Waals surface area (Å²) in [6, 6.07) is 7.28. The van der Waals surface area contributed by atoms with Gasteiger partial charge in [0.25, 0.3) is 0 Å². The van der Waals surface area contributed by atoms with E-state index in [4.69, 9.17) is 9.47 Å². The Kier molecular flexibility index (Phi) is 5.22. The summed E-state index contributed by atoms with van der Waals surface area (Å²) < 4.78 is 12.6.